The fourth-order valence-corrected chi connectivity index (χ4v) is 2.62. The van der Waals surface area contributed by atoms with Crippen LogP contribution in [0.3, 0.4) is 0 Å². The van der Waals surface area contributed by atoms with Gasteiger partial charge in [-0.3, -0.25) is 4.79 Å². The fourth-order valence-electron chi connectivity index (χ4n) is 2.12. The summed E-state index contributed by atoms with van der Waals surface area (Å²) in [6.07, 6.45) is -0.734. The van der Waals surface area contributed by atoms with Crippen LogP contribution in [0.4, 0.5) is 5.69 Å². The summed E-state index contributed by atoms with van der Waals surface area (Å²) < 4.78 is 0. The molecule has 0 aliphatic heterocycles. The third kappa shape index (κ3) is 6.20. The van der Waals surface area contributed by atoms with Gasteiger partial charge in [0.2, 0.25) is 0 Å². The SMILES string of the molecule is Cc1ccc(C(=O)N[C@@H](NC(=S)Nc2cccc(C)c2)C(Cl)Cl)cc1. The van der Waals surface area contributed by atoms with E-state index in [4.69, 9.17) is 35.4 Å². The Morgan fingerprint density at radius 2 is 1.68 bits per heavy atom. The molecule has 2 aromatic rings. The lowest BCUT2D eigenvalue weighted by atomic mass is 10.1. The second-order valence-corrected chi connectivity index (χ2v) is 7.19. The molecule has 0 saturated heterocycles. The van der Waals surface area contributed by atoms with E-state index in [2.05, 4.69) is 16.0 Å². The molecule has 2 rings (SSSR count). The van der Waals surface area contributed by atoms with Crippen molar-refractivity contribution in [2.45, 2.75) is 24.8 Å². The van der Waals surface area contributed by atoms with Crippen LogP contribution in [0.1, 0.15) is 21.5 Å². The summed E-state index contributed by atoms with van der Waals surface area (Å²) >= 11 is 17.2. The first-order chi connectivity index (χ1) is 11.8. The van der Waals surface area contributed by atoms with E-state index in [9.17, 15) is 4.79 Å². The van der Waals surface area contributed by atoms with E-state index in [-0.39, 0.29) is 5.91 Å². The number of thiocarbonyl (C=S) groups is 1. The normalized spacial score (nSPS) is 11.7. The largest absolute Gasteiger partial charge is 0.340 e. The summed E-state index contributed by atoms with van der Waals surface area (Å²) in [6.45, 7) is 3.94. The predicted molar refractivity (Wildman–Crippen MR) is 108 cm³/mol. The number of benzene rings is 2. The summed E-state index contributed by atoms with van der Waals surface area (Å²) in [5.41, 5.74) is 3.53. The molecular formula is C18H19Cl2N3OS. The van der Waals surface area contributed by atoms with Crippen molar-refractivity contribution in [1.29, 1.82) is 0 Å². The Morgan fingerprint density at radius 1 is 1.00 bits per heavy atom. The van der Waals surface area contributed by atoms with Gasteiger partial charge in [0.1, 0.15) is 11.0 Å². The summed E-state index contributed by atoms with van der Waals surface area (Å²) in [5.74, 6) is -0.290. The zero-order chi connectivity index (χ0) is 18.4. The topological polar surface area (TPSA) is 53.2 Å². The van der Waals surface area contributed by atoms with Gasteiger partial charge in [-0.2, -0.15) is 0 Å². The molecule has 1 amide bonds. The number of alkyl halides is 2. The highest BCUT2D eigenvalue weighted by Crippen LogP contribution is 2.11. The molecule has 0 aliphatic carbocycles. The minimum atomic E-state index is -0.883. The van der Waals surface area contributed by atoms with Gasteiger partial charge >= 0.3 is 0 Å². The number of anilines is 1. The van der Waals surface area contributed by atoms with Crippen molar-refractivity contribution in [3.8, 4) is 0 Å². The third-order valence-electron chi connectivity index (χ3n) is 3.41. The average Bonchev–Trinajstić information content (AvgIpc) is 2.54. The van der Waals surface area contributed by atoms with Crippen LogP contribution in [0, 0.1) is 13.8 Å². The predicted octanol–water partition coefficient (Wildman–Crippen LogP) is 4.15. The maximum atomic E-state index is 12.3. The van der Waals surface area contributed by atoms with Crippen LogP contribution in [0.2, 0.25) is 0 Å². The van der Waals surface area contributed by atoms with Crippen molar-refractivity contribution in [1.82, 2.24) is 10.6 Å². The molecule has 7 heteroatoms. The van der Waals surface area contributed by atoms with E-state index >= 15 is 0 Å². The second-order valence-electron chi connectivity index (χ2n) is 5.62. The van der Waals surface area contributed by atoms with E-state index in [1.807, 2.05) is 50.2 Å². The van der Waals surface area contributed by atoms with Gasteiger partial charge in [0.15, 0.2) is 5.11 Å². The van der Waals surface area contributed by atoms with E-state index in [1.54, 1.807) is 12.1 Å². The Balaban J connectivity index is 1.99. The van der Waals surface area contributed by atoms with Crippen LogP contribution in [0.5, 0.6) is 0 Å². The number of carbonyl (C=O) groups excluding carboxylic acids is 1. The Hall–Kier alpha value is -1.82. The highest BCUT2D eigenvalue weighted by Gasteiger charge is 2.21. The monoisotopic (exact) mass is 395 g/mol. The second kappa shape index (κ2) is 9.04. The number of amides is 1. The van der Waals surface area contributed by atoms with Gasteiger partial charge in [0, 0.05) is 11.3 Å². The lowest BCUT2D eigenvalue weighted by Crippen LogP contribution is -2.52. The minimum Gasteiger partial charge on any atom is -0.340 e. The van der Waals surface area contributed by atoms with Gasteiger partial charge in [-0.05, 0) is 55.9 Å². The van der Waals surface area contributed by atoms with Crippen molar-refractivity contribution in [2.24, 2.45) is 0 Å². The highest BCUT2D eigenvalue weighted by molar-refractivity contribution is 7.80. The molecule has 0 aromatic heterocycles. The summed E-state index contributed by atoms with van der Waals surface area (Å²) in [4.78, 5) is 11.4. The van der Waals surface area contributed by atoms with Crippen LogP contribution in [-0.2, 0) is 0 Å². The molecule has 2 aromatic carbocycles. The molecule has 0 saturated carbocycles. The molecule has 0 unspecified atom stereocenters. The Kier molecular flexibility index (Phi) is 7.05. The molecular weight excluding hydrogens is 377 g/mol. The molecule has 132 valence electrons. The van der Waals surface area contributed by atoms with Gasteiger partial charge in [-0.15, -0.1) is 23.2 Å². The van der Waals surface area contributed by atoms with Crippen molar-refractivity contribution >= 4 is 52.1 Å². The minimum absolute atomic E-state index is 0.290. The molecule has 4 nitrogen and oxygen atoms in total. The summed E-state index contributed by atoms with van der Waals surface area (Å²) in [5, 5.41) is 9.01. The maximum Gasteiger partial charge on any atom is 0.252 e. The molecule has 3 N–H and O–H groups in total. The zero-order valence-corrected chi connectivity index (χ0v) is 16.2. The maximum absolute atomic E-state index is 12.3. The Morgan fingerprint density at radius 3 is 2.28 bits per heavy atom. The van der Waals surface area contributed by atoms with Crippen molar-refractivity contribution in [2.75, 3.05) is 5.32 Å². The van der Waals surface area contributed by atoms with Crippen molar-refractivity contribution in [3.05, 3.63) is 65.2 Å². The number of halogens is 2. The van der Waals surface area contributed by atoms with Gasteiger partial charge in [-0.25, -0.2) is 0 Å². The Bertz CT molecular complexity index is 750. The number of rotatable bonds is 5. The molecule has 0 fully saturated rings. The quantitative estimate of drug-likeness (QED) is 0.404. The number of aryl methyl sites for hydroxylation is 2. The molecule has 25 heavy (non-hydrogen) atoms. The van der Waals surface area contributed by atoms with Crippen LogP contribution in [-0.4, -0.2) is 22.0 Å². The number of carbonyl (C=O) groups is 1. The fraction of sp³-hybridized carbons (Fsp3) is 0.222. The van der Waals surface area contributed by atoms with Crippen molar-refractivity contribution < 1.29 is 4.79 Å². The standard InChI is InChI=1S/C18H19Cl2N3OS/c1-11-6-8-13(9-7-11)17(24)22-16(15(19)20)23-18(25)21-14-5-3-4-12(2)10-14/h3-10,15-16H,1-2H3,(H,22,24)(H2,21,23,25)/t16-/m0/s1. The molecule has 0 heterocycles. The lowest BCUT2D eigenvalue weighted by molar-refractivity contribution is 0.0936. The van der Waals surface area contributed by atoms with Crippen molar-refractivity contribution in [3.63, 3.8) is 0 Å². The molecule has 1 atom stereocenters. The highest BCUT2D eigenvalue weighted by atomic mass is 35.5. The lowest BCUT2D eigenvalue weighted by Gasteiger charge is -2.23. The Labute approximate surface area is 162 Å². The first kappa shape index (κ1) is 19.5. The average molecular weight is 396 g/mol. The van der Waals surface area contributed by atoms with Gasteiger partial charge in [0.05, 0.1) is 0 Å². The summed E-state index contributed by atoms with van der Waals surface area (Å²) in [6, 6.07) is 14.9. The molecule has 0 aliphatic rings. The van der Waals surface area contributed by atoms with Gasteiger partial charge in [0.25, 0.3) is 5.91 Å². The van der Waals surface area contributed by atoms with E-state index in [1.165, 1.54) is 0 Å². The first-order valence-electron chi connectivity index (χ1n) is 7.65. The summed E-state index contributed by atoms with van der Waals surface area (Å²) in [7, 11) is 0. The number of nitrogens with one attached hydrogen (secondary N) is 3. The van der Waals surface area contributed by atoms with E-state index in [0.717, 1.165) is 16.8 Å². The van der Waals surface area contributed by atoms with Gasteiger partial charge in [-0.1, -0.05) is 29.8 Å². The van der Waals surface area contributed by atoms with Crippen LogP contribution >= 0.6 is 35.4 Å². The number of hydrogen-bond donors (Lipinski definition) is 3. The van der Waals surface area contributed by atoms with Crippen LogP contribution < -0.4 is 16.0 Å². The van der Waals surface area contributed by atoms with Gasteiger partial charge < -0.3 is 16.0 Å². The first-order valence-corrected chi connectivity index (χ1v) is 8.93. The molecule has 0 spiro atoms. The third-order valence-corrected chi connectivity index (χ3v) is 4.14. The smallest absolute Gasteiger partial charge is 0.252 e. The van der Waals surface area contributed by atoms with E-state index < -0.39 is 11.0 Å². The molecule has 0 radical (unpaired) electrons. The molecule has 0 bridgehead atoms. The van der Waals surface area contributed by atoms with Crippen LogP contribution in [0.15, 0.2) is 48.5 Å². The zero-order valence-electron chi connectivity index (χ0n) is 13.8. The van der Waals surface area contributed by atoms with Crippen LogP contribution in [0.25, 0.3) is 0 Å². The number of hydrogen-bond acceptors (Lipinski definition) is 2. The van der Waals surface area contributed by atoms with E-state index in [0.29, 0.717) is 10.7 Å².